The van der Waals surface area contributed by atoms with Crippen LogP contribution in [0, 0.1) is 18.8 Å². The number of aryl methyl sites for hydroxylation is 2. The van der Waals surface area contributed by atoms with Crippen LogP contribution in [0.4, 0.5) is 0 Å². The van der Waals surface area contributed by atoms with Gasteiger partial charge in [0.05, 0.1) is 17.2 Å². The Morgan fingerprint density at radius 2 is 1.96 bits per heavy atom. The van der Waals surface area contributed by atoms with E-state index in [1.807, 2.05) is 13.0 Å². The standard InChI is InChI=1S/C19H16N4/c1-3-19-22-17-9-14-6-4-13(8-15(14)10-18(17)23-19)5-7-16-11-20-12(2)21-16/h4,6,8-11H,3H2,1-2H3,(H,20,21)(H,22,23). The van der Waals surface area contributed by atoms with E-state index in [0.717, 1.165) is 45.7 Å². The predicted molar refractivity (Wildman–Crippen MR) is 92.3 cm³/mol. The minimum absolute atomic E-state index is 0.833. The van der Waals surface area contributed by atoms with Crippen LogP contribution in [-0.2, 0) is 6.42 Å². The first-order valence-electron chi connectivity index (χ1n) is 7.67. The van der Waals surface area contributed by atoms with Crippen molar-refractivity contribution in [2.75, 3.05) is 0 Å². The smallest absolute Gasteiger partial charge is 0.110 e. The number of benzene rings is 2. The molecule has 4 rings (SSSR count). The van der Waals surface area contributed by atoms with Gasteiger partial charge in [-0.1, -0.05) is 18.9 Å². The van der Waals surface area contributed by atoms with Gasteiger partial charge in [-0.15, -0.1) is 0 Å². The molecule has 2 aromatic heterocycles. The van der Waals surface area contributed by atoms with Crippen molar-refractivity contribution in [3.05, 3.63) is 59.4 Å². The highest BCUT2D eigenvalue weighted by Crippen LogP contribution is 2.22. The Morgan fingerprint density at radius 3 is 2.74 bits per heavy atom. The van der Waals surface area contributed by atoms with Gasteiger partial charge in [0.1, 0.15) is 17.3 Å². The van der Waals surface area contributed by atoms with Crippen LogP contribution < -0.4 is 0 Å². The first-order chi connectivity index (χ1) is 11.2. The first-order valence-corrected chi connectivity index (χ1v) is 7.67. The summed E-state index contributed by atoms with van der Waals surface area (Å²) >= 11 is 0. The normalized spacial score (nSPS) is 10.9. The van der Waals surface area contributed by atoms with E-state index in [4.69, 9.17) is 0 Å². The first kappa shape index (κ1) is 13.6. The molecule has 0 aliphatic rings. The molecule has 4 nitrogen and oxygen atoms in total. The molecular formula is C19H16N4. The van der Waals surface area contributed by atoms with Gasteiger partial charge in [0, 0.05) is 12.0 Å². The Morgan fingerprint density at radius 1 is 1.04 bits per heavy atom. The van der Waals surface area contributed by atoms with Gasteiger partial charge in [-0.2, -0.15) is 0 Å². The van der Waals surface area contributed by atoms with Crippen LogP contribution in [0.5, 0.6) is 0 Å². The van der Waals surface area contributed by atoms with Crippen LogP contribution >= 0.6 is 0 Å². The third-order valence-corrected chi connectivity index (χ3v) is 3.87. The fraction of sp³-hybridized carbons (Fsp3) is 0.158. The molecule has 4 aromatic rings. The summed E-state index contributed by atoms with van der Waals surface area (Å²) in [6, 6.07) is 10.5. The second-order valence-corrected chi connectivity index (χ2v) is 5.60. The minimum atomic E-state index is 0.833. The Balaban J connectivity index is 1.77. The molecule has 23 heavy (non-hydrogen) atoms. The Kier molecular flexibility index (Phi) is 3.13. The number of aromatic nitrogens is 4. The number of imidazole rings is 2. The Labute approximate surface area is 134 Å². The summed E-state index contributed by atoms with van der Waals surface area (Å²) in [5.41, 5.74) is 3.91. The van der Waals surface area contributed by atoms with E-state index >= 15 is 0 Å². The number of fused-ring (bicyclic) bond motifs is 2. The summed E-state index contributed by atoms with van der Waals surface area (Å²) in [6.07, 6.45) is 2.66. The van der Waals surface area contributed by atoms with E-state index in [9.17, 15) is 0 Å². The van der Waals surface area contributed by atoms with Gasteiger partial charge in [-0.3, -0.25) is 0 Å². The summed E-state index contributed by atoms with van der Waals surface area (Å²) in [5, 5.41) is 2.34. The molecule has 2 aromatic carbocycles. The molecule has 0 radical (unpaired) electrons. The molecule has 0 bridgehead atoms. The number of nitrogens with zero attached hydrogens (tertiary/aromatic N) is 2. The summed E-state index contributed by atoms with van der Waals surface area (Å²) in [4.78, 5) is 15.2. The van der Waals surface area contributed by atoms with Gasteiger partial charge in [0.2, 0.25) is 0 Å². The largest absolute Gasteiger partial charge is 0.342 e. The van der Waals surface area contributed by atoms with Crippen molar-refractivity contribution in [1.29, 1.82) is 0 Å². The molecule has 4 heteroatoms. The molecule has 0 saturated heterocycles. The maximum Gasteiger partial charge on any atom is 0.110 e. The van der Waals surface area contributed by atoms with E-state index in [1.165, 1.54) is 5.39 Å². The van der Waals surface area contributed by atoms with Crippen molar-refractivity contribution in [3.8, 4) is 11.8 Å². The second kappa shape index (κ2) is 5.29. The fourth-order valence-electron chi connectivity index (χ4n) is 2.68. The molecule has 0 aliphatic carbocycles. The SMILES string of the molecule is CCc1nc2cc3ccc(C#Cc4cnc(C)[nH]4)cc3cc2[nH]1. The molecule has 112 valence electrons. The summed E-state index contributed by atoms with van der Waals surface area (Å²) in [7, 11) is 0. The average molecular weight is 300 g/mol. The highest BCUT2D eigenvalue weighted by Gasteiger charge is 2.04. The molecule has 2 N–H and O–H groups in total. The van der Waals surface area contributed by atoms with Crippen LogP contribution in [0.2, 0.25) is 0 Å². The van der Waals surface area contributed by atoms with Gasteiger partial charge in [-0.05, 0) is 47.9 Å². The fourth-order valence-corrected chi connectivity index (χ4v) is 2.68. The number of H-pyrrole nitrogens is 2. The average Bonchev–Trinajstić information content (AvgIpc) is 3.15. The number of nitrogens with one attached hydrogen (secondary N) is 2. The zero-order valence-corrected chi connectivity index (χ0v) is 13.1. The Bertz CT molecular complexity index is 1070. The molecule has 0 atom stereocenters. The van der Waals surface area contributed by atoms with Gasteiger partial charge < -0.3 is 9.97 Å². The molecular weight excluding hydrogens is 284 g/mol. The van der Waals surface area contributed by atoms with Crippen molar-refractivity contribution in [1.82, 2.24) is 19.9 Å². The highest BCUT2D eigenvalue weighted by atomic mass is 14.9. The Hall–Kier alpha value is -3.06. The van der Waals surface area contributed by atoms with Gasteiger partial charge >= 0.3 is 0 Å². The monoisotopic (exact) mass is 300 g/mol. The van der Waals surface area contributed by atoms with Crippen molar-refractivity contribution in [2.24, 2.45) is 0 Å². The van der Waals surface area contributed by atoms with E-state index in [2.05, 4.69) is 63.0 Å². The molecule has 0 spiro atoms. The minimum Gasteiger partial charge on any atom is -0.342 e. The lowest BCUT2D eigenvalue weighted by molar-refractivity contribution is 1.00. The third kappa shape index (κ3) is 2.58. The summed E-state index contributed by atoms with van der Waals surface area (Å²) < 4.78 is 0. The zero-order chi connectivity index (χ0) is 15.8. The third-order valence-electron chi connectivity index (χ3n) is 3.87. The number of rotatable bonds is 1. The van der Waals surface area contributed by atoms with Gasteiger partial charge in [-0.25, -0.2) is 9.97 Å². The van der Waals surface area contributed by atoms with Gasteiger partial charge in [0.25, 0.3) is 0 Å². The summed E-state index contributed by atoms with van der Waals surface area (Å²) in [6.45, 7) is 4.02. The topological polar surface area (TPSA) is 57.4 Å². The van der Waals surface area contributed by atoms with E-state index in [-0.39, 0.29) is 0 Å². The van der Waals surface area contributed by atoms with Crippen LogP contribution in [0.3, 0.4) is 0 Å². The lowest BCUT2D eigenvalue weighted by Gasteiger charge is -1.99. The van der Waals surface area contributed by atoms with Crippen LogP contribution in [0.15, 0.2) is 36.5 Å². The molecule has 0 aliphatic heterocycles. The predicted octanol–water partition coefficient (Wildman–Crippen LogP) is 3.71. The number of hydrogen-bond donors (Lipinski definition) is 2. The van der Waals surface area contributed by atoms with Crippen molar-refractivity contribution in [2.45, 2.75) is 20.3 Å². The quantitative estimate of drug-likeness (QED) is 0.526. The lowest BCUT2D eigenvalue weighted by Crippen LogP contribution is -1.79. The molecule has 0 unspecified atom stereocenters. The van der Waals surface area contributed by atoms with Crippen LogP contribution in [-0.4, -0.2) is 19.9 Å². The van der Waals surface area contributed by atoms with E-state index in [1.54, 1.807) is 6.20 Å². The van der Waals surface area contributed by atoms with Gasteiger partial charge in [0.15, 0.2) is 0 Å². The maximum atomic E-state index is 4.59. The second-order valence-electron chi connectivity index (χ2n) is 5.60. The van der Waals surface area contributed by atoms with E-state index < -0.39 is 0 Å². The van der Waals surface area contributed by atoms with Crippen LogP contribution in [0.25, 0.3) is 21.8 Å². The number of aromatic amines is 2. The molecule has 0 saturated carbocycles. The lowest BCUT2D eigenvalue weighted by atomic mass is 10.1. The molecule has 2 heterocycles. The van der Waals surface area contributed by atoms with Crippen LogP contribution in [0.1, 0.15) is 29.8 Å². The highest BCUT2D eigenvalue weighted by molar-refractivity contribution is 5.95. The van der Waals surface area contributed by atoms with Crippen molar-refractivity contribution < 1.29 is 0 Å². The zero-order valence-electron chi connectivity index (χ0n) is 13.1. The number of hydrogen-bond acceptors (Lipinski definition) is 2. The van der Waals surface area contributed by atoms with Crippen molar-refractivity contribution in [3.63, 3.8) is 0 Å². The van der Waals surface area contributed by atoms with E-state index in [0.29, 0.717) is 0 Å². The van der Waals surface area contributed by atoms with Crippen molar-refractivity contribution >= 4 is 21.8 Å². The molecule has 0 fully saturated rings. The maximum absolute atomic E-state index is 4.59. The summed E-state index contributed by atoms with van der Waals surface area (Å²) in [5.74, 6) is 8.19. The molecule has 0 amide bonds.